The molecular formula is C14H16N3NaO3S. The first-order valence-electron chi connectivity index (χ1n) is 6.16. The average molecular weight is 329 g/mol. The van der Waals surface area contributed by atoms with Crippen LogP contribution in [0.2, 0.25) is 0 Å². The van der Waals surface area contributed by atoms with Crippen molar-refractivity contribution in [2.45, 2.75) is 0 Å². The molecule has 0 heterocycles. The van der Waals surface area contributed by atoms with Gasteiger partial charge in [-0.3, -0.25) is 0 Å². The molecule has 2 aromatic carbocycles. The maximum absolute atomic E-state index is 10.5. The van der Waals surface area contributed by atoms with E-state index in [0.717, 1.165) is 5.69 Å². The molecule has 0 aliphatic carbocycles. The number of nitrogens with zero attached hydrogens (tertiary/aromatic N) is 3. The van der Waals surface area contributed by atoms with Gasteiger partial charge in [0.25, 0.3) is 11.0 Å². The van der Waals surface area contributed by atoms with Crippen molar-refractivity contribution in [1.82, 2.24) is 0 Å². The van der Waals surface area contributed by atoms with E-state index in [-0.39, 0.29) is 35.3 Å². The van der Waals surface area contributed by atoms with Gasteiger partial charge in [0.2, 0.25) is 0 Å². The van der Waals surface area contributed by atoms with E-state index in [1.54, 1.807) is 12.1 Å². The number of thiol groups is 1. The second-order valence-electron chi connectivity index (χ2n) is 4.42. The van der Waals surface area contributed by atoms with Crippen LogP contribution in [0.1, 0.15) is 0 Å². The van der Waals surface area contributed by atoms with Crippen LogP contribution in [0.3, 0.4) is 0 Å². The van der Waals surface area contributed by atoms with Crippen molar-refractivity contribution < 1.29 is 12.6 Å². The van der Waals surface area contributed by atoms with E-state index in [2.05, 4.69) is 14.4 Å². The summed E-state index contributed by atoms with van der Waals surface area (Å²) in [6.07, 6.45) is 0. The van der Waals surface area contributed by atoms with Gasteiger partial charge in [-0.25, -0.2) is 0 Å². The minimum absolute atomic E-state index is 0. The molecule has 112 valence electrons. The summed E-state index contributed by atoms with van der Waals surface area (Å²) in [5.41, 5.74) is 2.30. The van der Waals surface area contributed by atoms with Gasteiger partial charge >= 0.3 is 29.6 Å². The molecule has 2 aromatic rings. The Morgan fingerprint density at radius 1 is 0.955 bits per heavy atom. The van der Waals surface area contributed by atoms with Crippen LogP contribution in [0.4, 0.5) is 17.1 Å². The molecule has 0 bridgehead atoms. The Bertz CT molecular complexity index is 708. The zero-order valence-electron chi connectivity index (χ0n) is 11.6. The molecule has 6 nitrogen and oxygen atoms in total. The molecule has 0 atom stereocenters. The van der Waals surface area contributed by atoms with Gasteiger partial charge in [-0.1, -0.05) is 6.07 Å². The fraction of sp³-hybridized carbons (Fsp3) is 0.143. The minimum atomic E-state index is -2.93. The molecule has 0 aromatic heterocycles. The van der Waals surface area contributed by atoms with Crippen molar-refractivity contribution in [3.8, 4) is 5.75 Å². The zero-order valence-corrected chi connectivity index (χ0v) is 12.5. The van der Waals surface area contributed by atoms with Crippen LogP contribution in [-0.4, -0.2) is 52.1 Å². The van der Waals surface area contributed by atoms with E-state index in [0.29, 0.717) is 11.4 Å². The summed E-state index contributed by atoms with van der Waals surface area (Å²) in [7, 11) is 0.993. The number of anilines is 1. The molecule has 22 heavy (non-hydrogen) atoms. The van der Waals surface area contributed by atoms with Gasteiger partial charge in [0.1, 0.15) is 5.75 Å². The Morgan fingerprint density at radius 3 is 2.18 bits per heavy atom. The van der Waals surface area contributed by atoms with E-state index >= 15 is 0 Å². The van der Waals surface area contributed by atoms with Gasteiger partial charge in [-0.15, -0.1) is 0 Å². The van der Waals surface area contributed by atoms with Crippen LogP contribution >= 0.6 is 0 Å². The number of benzene rings is 2. The Kier molecular flexibility index (Phi) is 7.53. The quantitative estimate of drug-likeness (QED) is 0.519. The predicted octanol–water partition coefficient (Wildman–Crippen LogP) is 2.42. The van der Waals surface area contributed by atoms with Crippen LogP contribution < -0.4 is 9.08 Å². The third kappa shape index (κ3) is 5.76. The molecule has 0 saturated carbocycles. The molecule has 0 spiro atoms. The molecule has 0 radical (unpaired) electrons. The Morgan fingerprint density at radius 2 is 1.59 bits per heavy atom. The van der Waals surface area contributed by atoms with Crippen molar-refractivity contribution in [1.29, 1.82) is 0 Å². The predicted molar refractivity (Wildman–Crippen MR) is 89.5 cm³/mol. The normalized spacial score (nSPS) is 10.5. The summed E-state index contributed by atoms with van der Waals surface area (Å²) in [6, 6.07) is 14.0. The van der Waals surface area contributed by atoms with Crippen molar-refractivity contribution in [3.05, 3.63) is 48.5 Å². The van der Waals surface area contributed by atoms with Gasteiger partial charge in [-0.2, -0.15) is 18.6 Å². The van der Waals surface area contributed by atoms with E-state index in [1.807, 2.05) is 43.3 Å². The third-order valence-corrected chi connectivity index (χ3v) is 3.00. The fourth-order valence-electron chi connectivity index (χ4n) is 1.62. The van der Waals surface area contributed by atoms with Crippen LogP contribution in [0.5, 0.6) is 5.75 Å². The average Bonchev–Trinajstić information content (AvgIpc) is 2.45. The first-order chi connectivity index (χ1) is 10.0. The molecule has 2 rings (SSSR count). The second-order valence-corrected chi connectivity index (χ2v) is 5.05. The Balaban J connectivity index is 0.00000242. The molecule has 0 fully saturated rings. The van der Waals surface area contributed by atoms with Gasteiger partial charge < -0.3 is 9.08 Å². The van der Waals surface area contributed by atoms with Crippen molar-refractivity contribution in [2.75, 3.05) is 19.0 Å². The van der Waals surface area contributed by atoms with Gasteiger partial charge in [0, 0.05) is 25.8 Å². The van der Waals surface area contributed by atoms with Crippen LogP contribution in [-0.2, 0) is 11.0 Å². The molecule has 0 N–H and O–H groups in total. The molecule has 8 heteroatoms. The molecule has 0 saturated heterocycles. The van der Waals surface area contributed by atoms with E-state index in [9.17, 15) is 8.42 Å². The zero-order chi connectivity index (χ0) is 15.2. The summed E-state index contributed by atoms with van der Waals surface area (Å²) in [4.78, 5) is 1.99. The van der Waals surface area contributed by atoms with Gasteiger partial charge in [0.15, 0.2) is 0 Å². The van der Waals surface area contributed by atoms with Crippen molar-refractivity contribution >= 4 is 57.6 Å². The molecule has 0 amide bonds. The molecule has 0 unspecified atom stereocenters. The van der Waals surface area contributed by atoms with Gasteiger partial charge in [-0.05, 0) is 36.4 Å². The number of hydrogen-bond donors (Lipinski definition) is 1. The Hall–Kier alpha value is -1.41. The summed E-state index contributed by atoms with van der Waals surface area (Å²) >= 11 is 0. The standard InChI is InChI=1S/C14H15N3O3S.Na.H/c1-17(2)13-8-6-11(7-9-13)15-16-12-4-3-5-14(10-12)20-21(18)19;;/h3-10,21H,1-2H3;;. The summed E-state index contributed by atoms with van der Waals surface area (Å²) in [5.74, 6) is 0.213. The van der Waals surface area contributed by atoms with Crippen LogP contribution in [0.15, 0.2) is 58.8 Å². The van der Waals surface area contributed by atoms with Crippen molar-refractivity contribution in [3.63, 3.8) is 0 Å². The summed E-state index contributed by atoms with van der Waals surface area (Å²) < 4.78 is 25.6. The number of hydrogen-bond acceptors (Lipinski definition) is 6. The Labute approximate surface area is 153 Å². The number of azo groups is 1. The van der Waals surface area contributed by atoms with Crippen LogP contribution in [0.25, 0.3) is 0 Å². The molecule has 0 aliphatic heterocycles. The third-order valence-electron chi connectivity index (χ3n) is 2.64. The van der Waals surface area contributed by atoms with Gasteiger partial charge in [0.05, 0.1) is 11.4 Å². The fourth-order valence-corrected chi connectivity index (χ4v) is 1.91. The van der Waals surface area contributed by atoms with Crippen molar-refractivity contribution in [2.24, 2.45) is 10.2 Å². The summed E-state index contributed by atoms with van der Waals surface area (Å²) in [5, 5.41) is 8.15. The SMILES string of the molecule is CN(C)c1ccc(N=Nc2cccc(O[SH](=O)=O)c2)cc1.[NaH]. The molecule has 0 aliphatic rings. The van der Waals surface area contributed by atoms with E-state index in [1.165, 1.54) is 12.1 Å². The topological polar surface area (TPSA) is 71.3 Å². The first kappa shape index (κ1) is 18.6. The van der Waals surface area contributed by atoms with Crippen LogP contribution in [0, 0.1) is 0 Å². The second kappa shape index (κ2) is 8.89. The van der Waals surface area contributed by atoms with E-state index in [4.69, 9.17) is 0 Å². The maximum atomic E-state index is 10.5. The monoisotopic (exact) mass is 329 g/mol. The molecular weight excluding hydrogens is 313 g/mol. The van der Waals surface area contributed by atoms with E-state index < -0.39 is 11.0 Å². The summed E-state index contributed by atoms with van der Waals surface area (Å²) in [6.45, 7) is 0. The number of rotatable bonds is 5. The first-order valence-corrected chi connectivity index (χ1v) is 7.26.